The molecule has 0 unspecified atom stereocenters. The van der Waals surface area contributed by atoms with Crippen LogP contribution < -0.4 is 11.2 Å². The Morgan fingerprint density at radius 2 is 2.11 bits per heavy atom. The van der Waals surface area contributed by atoms with Crippen molar-refractivity contribution in [2.45, 2.75) is 33.0 Å². The molecule has 0 aliphatic heterocycles. The maximum Gasteiger partial charge on any atom is 0.412 e. The summed E-state index contributed by atoms with van der Waals surface area (Å²) in [5.74, 6) is 4.99. The van der Waals surface area contributed by atoms with Crippen molar-refractivity contribution >= 4 is 23.4 Å². The zero-order valence-electron chi connectivity index (χ0n) is 10.6. The number of carbonyl (C=O) groups excluding carboxylic acids is 1. The lowest BCUT2D eigenvalue weighted by Crippen LogP contribution is -2.27. The van der Waals surface area contributed by atoms with Crippen LogP contribution in [0.3, 0.4) is 0 Å². The molecule has 100 valence electrons. The number of anilines is 1. The molecule has 0 heterocycles. The van der Waals surface area contributed by atoms with E-state index in [0.29, 0.717) is 16.3 Å². The van der Waals surface area contributed by atoms with E-state index in [0.717, 1.165) is 0 Å². The standard InChI is InChI=1S/C12H17ClN2O3/c1-12(2,3)18-11(16)15-9-4-5-10(13)8(6-9)7-17-14/h4-6H,7,14H2,1-3H3,(H,15,16). The number of nitrogens with one attached hydrogen (secondary N) is 1. The van der Waals surface area contributed by atoms with Gasteiger partial charge in [-0.05, 0) is 39.0 Å². The molecule has 0 fully saturated rings. The minimum absolute atomic E-state index is 0.169. The van der Waals surface area contributed by atoms with E-state index in [2.05, 4.69) is 10.2 Å². The van der Waals surface area contributed by atoms with Crippen LogP contribution in [0.2, 0.25) is 5.02 Å². The van der Waals surface area contributed by atoms with E-state index >= 15 is 0 Å². The predicted octanol–water partition coefficient (Wildman–Crippen LogP) is 3.08. The second kappa shape index (κ2) is 6.04. The highest BCUT2D eigenvalue weighted by Gasteiger charge is 2.16. The van der Waals surface area contributed by atoms with Crippen molar-refractivity contribution in [2.24, 2.45) is 5.90 Å². The summed E-state index contributed by atoms with van der Waals surface area (Å²) in [6.07, 6.45) is -0.524. The maximum absolute atomic E-state index is 11.6. The highest BCUT2D eigenvalue weighted by atomic mass is 35.5. The van der Waals surface area contributed by atoms with Crippen molar-refractivity contribution in [3.05, 3.63) is 28.8 Å². The van der Waals surface area contributed by atoms with Crippen molar-refractivity contribution in [3.63, 3.8) is 0 Å². The van der Waals surface area contributed by atoms with Crippen molar-refractivity contribution < 1.29 is 14.4 Å². The maximum atomic E-state index is 11.6. The largest absolute Gasteiger partial charge is 0.444 e. The van der Waals surface area contributed by atoms with Crippen molar-refractivity contribution in [3.8, 4) is 0 Å². The van der Waals surface area contributed by atoms with Crippen LogP contribution in [-0.4, -0.2) is 11.7 Å². The van der Waals surface area contributed by atoms with Crippen LogP contribution in [0.25, 0.3) is 0 Å². The topological polar surface area (TPSA) is 73.6 Å². The smallest absolute Gasteiger partial charge is 0.412 e. The fourth-order valence-corrected chi connectivity index (χ4v) is 1.45. The first-order valence-electron chi connectivity index (χ1n) is 5.42. The molecule has 0 spiro atoms. The van der Waals surface area contributed by atoms with Gasteiger partial charge in [-0.15, -0.1) is 0 Å². The highest BCUT2D eigenvalue weighted by Crippen LogP contribution is 2.21. The molecule has 0 aliphatic carbocycles. The minimum atomic E-state index is -0.542. The molecule has 5 nitrogen and oxygen atoms in total. The molecule has 3 N–H and O–H groups in total. The first kappa shape index (κ1) is 14.8. The quantitative estimate of drug-likeness (QED) is 0.830. The van der Waals surface area contributed by atoms with Crippen LogP contribution in [0.15, 0.2) is 18.2 Å². The normalized spacial score (nSPS) is 11.2. The second-order valence-electron chi connectivity index (χ2n) is 4.74. The van der Waals surface area contributed by atoms with Crippen LogP contribution in [0.4, 0.5) is 10.5 Å². The molecule has 1 aromatic carbocycles. The van der Waals surface area contributed by atoms with E-state index in [1.165, 1.54) is 0 Å². The molecule has 0 atom stereocenters. The Labute approximate surface area is 111 Å². The number of hydrogen-bond donors (Lipinski definition) is 2. The number of rotatable bonds is 3. The van der Waals surface area contributed by atoms with Crippen LogP contribution in [0, 0.1) is 0 Å². The molecule has 0 radical (unpaired) electrons. The Morgan fingerprint density at radius 3 is 2.67 bits per heavy atom. The fraction of sp³-hybridized carbons (Fsp3) is 0.417. The van der Waals surface area contributed by atoms with E-state index in [9.17, 15) is 4.79 Å². The number of halogens is 1. The van der Waals surface area contributed by atoms with E-state index in [1.54, 1.807) is 39.0 Å². The van der Waals surface area contributed by atoms with Gasteiger partial charge in [0.2, 0.25) is 0 Å². The highest BCUT2D eigenvalue weighted by molar-refractivity contribution is 6.31. The summed E-state index contributed by atoms with van der Waals surface area (Å²) in [6, 6.07) is 5.01. The average Bonchev–Trinajstić information content (AvgIpc) is 2.20. The van der Waals surface area contributed by atoms with Crippen LogP contribution in [0.5, 0.6) is 0 Å². The number of ether oxygens (including phenoxy) is 1. The lowest BCUT2D eigenvalue weighted by Gasteiger charge is -2.19. The lowest BCUT2D eigenvalue weighted by atomic mass is 10.2. The number of amides is 1. The van der Waals surface area contributed by atoms with Gasteiger partial charge in [0.25, 0.3) is 0 Å². The van der Waals surface area contributed by atoms with Crippen LogP contribution in [0.1, 0.15) is 26.3 Å². The summed E-state index contributed by atoms with van der Waals surface area (Å²) in [7, 11) is 0. The van der Waals surface area contributed by atoms with Crippen molar-refractivity contribution in [2.75, 3.05) is 5.32 Å². The van der Waals surface area contributed by atoms with E-state index in [-0.39, 0.29) is 6.61 Å². The molecule has 6 heteroatoms. The summed E-state index contributed by atoms with van der Waals surface area (Å²) in [4.78, 5) is 16.1. The Bertz CT molecular complexity index is 430. The molecule has 1 aromatic rings. The zero-order valence-corrected chi connectivity index (χ0v) is 11.4. The molecule has 1 amide bonds. The minimum Gasteiger partial charge on any atom is -0.444 e. The fourth-order valence-electron chi connectivity index (χ4n) is 1.27. The van der Waals surface area contributed by atoms with E-state index < -0.39 is 11.7 Å². The Hall–Kier alpha value is -1.30. The zero-order chi connectivity index (χ0) is 13.8. The SMILES string of the molecule is CC(C)(C)OC(=O)Nc1ccc(Cl)c(CON)c1. The second-order valence-corrected chi connectivity index (χ2v) is 5.15. The summed E-state index contributed by atoms with van der Waals surface area (Å²) >= 11 is 5.94. The van der Waals surface area contributed by atoms with Gasteiger partial charge in [-0.25, -0.2) is 10.7 Å². The number of benzene rings is 1. The summed E-state index contributed by atoms with van der Waals surface area (Å²) in [6.45, 7) is 5.55. The molecular formula is C12H17ClN2O3. The van der Waals surface area contributed by atoms with Crippen molar-refractivity contribution in [1.29, 1.82) is 0 Å². The third kappa shape index (κ3) is 4.91. The van der Waals surface area contributed by atoms with Gasteiger partial charge in [0, 0.05) is 16.3 Å². The summed E-state index contributed by atoms with van der Waals surface area (Å²) in [5.41, 5.74) is 0.716. The Balaban J connectivity index is 2.73. The third-order valence-electron chi connectivity index (χ3n) is 1.93. The number of nitrogens with two attached hydrogens (primary N) is 1. The van der Waals surface area contributed by atoms with Gasteiger partial charge in [0.1, 0.15) is 5.60 Å². The molecule has 0 bridgehead atoms. The molecule has 18 heavy (non-hydrogen) atoms. The summed E-state index contributed by atoms with van der Waals surface area (Å²) < 4.78 is 5.13. The first-order valence-corrected chi connectivity index (χ1v) is 5.80. The average molecular weight is 273 g/mol. The lowest BCUT2D eigenvalue weighted by molar-refractivity contribution is 0.0636. The van der Waals surface area contributed by atoms with Gasteiger partial charge in [0.05, 0.1) is 6.61 Å². The van der Waals surface area contributed by atoms with Gasteiger partial charge < -0.3 is 4.74 Å². The molecular weight excluding hydrogens is 256 g/mol. The van der Waals surface area contributed by atoms with Gasteiger partial charge in [0.15, 0.2) is 0 Å². The van der Waals surface area contributed by atoms with Gasteiger partial charge in [-0.3, -0.25) is 10.2 Å². The van der Waals surface area contributed by atoms with E-state index in [1.807, 2.05) is 0 Å². The van der Waals surface area contributed by atoms with Gasteiger partial charge in [-0.1, -0.05) is 11.6 Å². The van der Waals surface area contributed by atoms with Gasteiger partial charge in [-0.2, -0.15) is 0 Å². The number of hydrogen-bond acceptors (Lipinski definition) is 4. The van der Waals surface area contributed by atoms with Crippen LogP contribution in [-0.2, 0) is 16.2 Å². The molecule has 0 saturated heterocycles. The molecule has 0 aliphatic rings. The molecule has 1 rings (SSSR count). The summed E-state index contributed by atoms with van der Waals surface area (Å²) in [5, 5.41) is 3.13. The Kier molecular flexibility index (Phi) is 4.95. The van der Waals surface area contributed by atoms with Gasteiger partial charge >= 0.3 is 6.09 Å². The third-order valence-corrected chi connectivity index (χ3v) is 2.30. The monoisotopic (exact) mass is 272 g/mol. The Morgan fingerprint density at radius 1 is 1.44 bits per heavy atom. The number of carbonyl (C=O) groups is 1. The van der Waals surface area contributed by atoms with E-state index in [4.69, 9.17) is 22.2 Å². The predicted molar refractivity (Wildman–Crippen MR) is 70.3 cm³/mol. The molecule has 0 saturated carbocycles. The van der Waals surface area contributed by atoms with Crippen LogP contribution >= 0.6 is 11.6 Å². The first-order chi connectivity index (χ1) is 8.31. The van der Waals surface area contributed by atoms with Crippen molar-refractivity contribution in [1.82, 2.24) is 0 Å². The molecule has 0 aromatic heterocycles.